The van der Waals surface area contributed by atoms with Gasteiger partial charge in [0, 0.05) is 13.6 Å². The summed E-state index contributed by atoms with van der Waals surface area (Å²) in [5.74, 6) is 0.496. The summed E-state index contributed by atoms with van der Waals surface area (Å²) in [4.78, 5) is 0. The molecule has 21 heavy (non-hydrogen) atoms. The van der Waals surface area contributed by atoms with Crippen molar-refractivity contribution in [2.75, 3.05) is 6.54 Å². The summed E-state index contributed by atoms with van der Waals surface area (Å²) in [6.07, 6.45) is 1.06. The second-order valence-electron chi connectivity index (χ2n) is 5.17. The third kappa shape index (κ3) is 3.61. The molecule has 0 aliphatic carbocycles. The van der Waals surface area contributed by atoms with Gasteiger partial charge in [-0.1, -0.05) is 13.0 Å². The molecule has 0 spiro atoms. The fourth-order valence-electron chi connectivity index (χ4n) is 2.16. The van der Waals surface area contributed by atoms with Crippen molar-refractivity contribution in [1.29, 1.82) is 0 Å². The molecule has 0 bridgehead atoms. The van der Waals surface area contributed by atoms with Gasteiger partial charge in [-0.3, -0.25) is 4.68 Å². The Balaban J connectivity index is 2.14. The highest BCUT2D eigenvalue weighted by molar-refractivity contribution is 5.39. The van der Waals surface area contributed by atoms with Gasteiger partial charge in [0.1, 0.15) is 5.69 Å². The molecule has 0 saturated carbocycles. The van der Waals surface area contributed by atoms with Crippen LogP contribution in [0.25, 0.3) is 0 Å². The largest absolute Gasteiger partial charge is 0.450 e. The van der Waals surface area contributed by atoms with Crippen molar-refractivity contribution in [2.45, 2.75) is 33.7 Å². The van der Waals surface area contributed by atoms with E-state index in [-0.39, 0.29) is 11.6 Å². The van der Waals surface area contributed by atoms with E-state index in [4.69, 9.17) is 4.74 Å². The van der Waals surface area contributed by atoms with Crippen LogP contribution < -0.4 is 10.1 Å². The van der Waals surface area contributed by atoms with E-state index in [1.54, 1.807) is 10.7 Å². The zero-order valence-electron chi connectivity index (χ0n) is 13.0. The van der Waals surface area contributed by atoms with Crippen LogP contribution in [0.4, 0.5) is 4.39 Å². The summed E-state index contributed by atoms with van der Waals surface area (Å²) < 4.78 is 21.6. The molecule has 4 nitrogen and oxygen atoms in total. The van der Waals surface area contributed by atoms with Crippen LogP contribution in [0, 0.1) is 19.7 Å². The van der Waals surface area contributed by atoms with Crippen LogP contribution in [0.1, 0.15) is 30.3 Å². The lowest BCUT2D eigenvalue weighted by Crippen LogP contribution is -2.13. The highest BCUT2D eigenvalue weighted by Crippen LogP contribution is 2.30. The maximum Gasteiger partial charge on any atom is 0.171 e. The minimum absolute atomic E-state index is 0.230. The molecule has 114 valence electrons. The minimum Gasteiger partial charge on any atom is -0.450 e. The predicted molar refractivity (Wildman–Crippen MR) is 81.2 cm³/mol. The number of nitrogens with zero attached hydrogens (tertiary/aromatic N) is 2. The van der Waals surface area contributed by atoms with E-state index in [0.29, 0.717) is 12.3 Å². The average Bonchev–Trinajstić information content (AvgIpc) is 2.68. The van der Waals surface area contributed by atoms with Gasteiger partial charge in [0.25, 0.3) is 0 Å². The van der Waals surface area contributed by atoms with Gasteiger partial charge < -0.3 is 10.1 Å². The van der Waals surface area contributed by atoms with Crippen LogP contribution in [-0.2, 0) is 13.6 Å². The standard InChI is InChI=1S/C16H22FN3O/c1-5-8-18-10-13-6-7-15(14(17)9-13)21-16-11(2)19-20(4)12(16)3/h6-7,9,18H,5,8,10H2,1-4H3. The molecule has 0 atom stereocenters. The molecule has 0 unspecified atom stereocenters. The topological polar surface area (TPSA) is 39.1 Å². The molecule has 0 saturated heterocycles. The Labute approximate surface area is 124 Å². The summed E-state index contributed by atoms with van der Waals surface area (Å²) in [6.45, 7) is 7.44. The van der Waals surface area contributed by atoms with Crippen molar-refractivity contribution in [3.63, 3.8) is 0 Å². The van der Waals surface area contributed by atoms with Crippen molar-refractivity contribution >= 4 is 0 Å². The van der Waals surface area contributed by atoms with E-state index >= 15 is 0 Å². The first-order valence-corrected chi connectivity index (χ1v) is 7.20. The highest BCUT2D eigenvalue weighted by atomic mass is 19.1. The average molecular weight is 291 g/mol. The molecule has 0 aliphatic heterocycles. The Morgan fingerprint density at radius 3 is 2.67 bits per heavy atom. The first-order valence-electron chi connectivity index (χ1n) is 7.20. The fraction of sp³-hybridized carbons (Fsp3) is 0.438. The van der Waals surface area contributed by atoms with Crippen molar-refractivity contribution in [1.82, 2.24) is 15.1 Å². The van der Waals surface area contributed by atoms with Crippen LogP contribution in [0.2, 0.25) is 0 Å². The molecule has 2 aromatic rings. The van der Waals surface area contributed by atoms with Gasteiger partial charge in [-0.25, -0.2) is 4.39 Å². The fourth-order valence-corrected chi connectivity index (χ4v) is 2.16. The number of benzene rings is 1. The number of aromatic nitrogens is 2. The van der Waals surface area contributed by atoms with Crippen molar-refractivity contribution < 1.29 is 9.13 Å². The number of halogens is 1. The van der Waals surface area contributed by atoms with E-state index in [1.807, 2.05) is 27.0 Å². The summed E-state index contributed by atoms with van der Waals surface area (Å²) in [6, 6.07) is 5.06. The lowest BCUT2D eigenvalue weighted by molar-refractivity contribution is 0.435. The first-order chi connectivity index (χ1) is 10.0. The van der Waals surface area contributed by atoms with Crippen LogP contribution >= 0.6 is 0 Å². The second-order valence-corrected chi connectivity index (χ2v) is 5.17. The van der Waals surface area contributed by atoms with E-state index in [9.17, 15) is 4.39 Å². The van der Waals surface area contributed by atoms with Gasteiger partial charge in [0.15, 0.2) is 17.3 Å². The molecular weight excluding hydrogens is 269 g/mol. The molecule has 5 heteroatoms. The van der Waals surface area contributed by atoms with Gasteiger partial charge >= 0.3 is 0 Å². The number of hydrogen-bond donors (Lipinski definition) is 1. The Hall–Kier alpha value is -1.88. The van der Waals surface area contributed by atoms with Gasteiger partial charge in [0.2, 0.25) is 0 Å². The van der Waals surface area contributed by atoms with E-state index in [0.717, 1.165) is 29.9 Å². The summed E-state index contributed by atoms with van der Waals surface area (Å²) in [7, 11) is 1.84. The van der Waals surface area contributed by atoms with Crippen LogP contribution in [0.3, 0.4) is 0 Å². The van der Waals surface area contributed by atoms with Gasteiger partial charge in [-0.2, -0.15) is 5.10 Å². The lowest BCUT2D eigenvalue weighted by atomic mass is 10.2. The Bertz CT molecular complexity index is 622. The van der Waals surface area contributed by atoms with Crippen molar-refractivity contribution in [3.8, 4) is 11.5 Å². The van der Waals surface area contributed by atoms with E-state index in [1.165, 1.54) is 6.07 Å². The lowest BCUT2D eigenvalue weighted by Gasteiger charge is -2.09. The Morgan fingerprint density at radius 1 is 1.33 bits per heavy atom. The molecule has 0 aliphatic rings. The van der Waals surface area contributed by atoms with E-state index < -0.39 is 0 Å². The van der Waals surface area contributed by atoms with Crippen molar-refractivity contribution in [2.24, 2.45) is 7.05 Å². The molecule has 0 fully saturated rings. The normalized spacial score (nSPS) is 10.9. The number of rotatable bonds is 6. The van der Waals surface area contributed by atoms with Gasteiger partial charge in [-0.05, 0) is 44.5 Å². The van der Waals surface area contributed by atoms with Crippen molar-refractivity contribution in [3.05, 3.63) is 41.0 Å². The van der Waals surface area contributed by atoms with Crippen LogP contribution in [-0.4, -0.2) is 16.3 Å². The number of hydrogen-bond acceptors (Lipinski definition) is 3. The molecular formula is C16H22FN3O. The minimum atomic E-state index is -0.353. The van der Waals surface area contributed by atoms with Crippen LogP contribution in [0.15, 0.2) is 18.2 Å². The summed E-state index contributed by atoms with van der Waals surface area (Å²) in [5, 5.41) is 7.51. The first kappa shape index (κ1) is 15.5. The van der Waals surface area contributed by atoms with Gasteiger partial charge in [0.05, 0.1) is 5.69 Å². The summed E-state index contributed by atoms with van der Waals surface area (Å²) >= 11 is 0. The highest BCUT2D eigenvalue weighted by Gasteiger charge is 2.14. The SMILES string of the molecule is CCCNCc1ccc(Oc2c(C)nn(C)c2C)c(F)c1. The molecule has 0 amide bonds. The molecule has 1 heterocycles. The smallest absolute Gasteiger partial charge is 0.171 e. The second kappa shape index (κ2) is 6.72. The zero-order valence-corrected chi connectivity index (χ0v) is 13.0. The van der Waals surface area contributed by atoms with Gasteiger partial charge in [-0.15, -0.1) is 0 Å². The third-order valence-electron chi connectivity index (χ3n) is 3.41. The molecule has 2 rings (SSSR count). The van der Waals surface area contributed by atoms with E-state index in [2.05, 4.69) is 17.3 Å². The number of ether oxygens (including phenoxy) is 1. The molecule has 0 radical (unpaired) electrons. The molecule has 1 aromatic heterocycles. The number of nitrogens with one attached hydrogen (secondary N) is 1. The zero-order chi connectivity index (χ0) is 15.4. The molecule has 1 aromatic carbocycles. The molecule has 1 N–H and O–H groups in total. The maximum absolute atomic E-state index is 14.1. The number of aryl methyl sites for hydroxylation is 2. The maximum atomic E-state index is 14.1. The Morgan fingerprint density at radius 2 is 2.10 bits per heavy atom. The Kier molecular flexibility index (Phi) is 4.96. The van der Waals surface area contributed by atoms with Crippen LogP contribution in [0.5, 0.6) is 11.5 Å². The third-order valence-corrected chi connectivity index (χ3v) is 3.41. The monoisotopic (exact) mass is 291 g/mol. The quantitative estimate of drug-likeness (QED) is 0.828. The predicted octanol–water partition coefficient (Wildman–Crippen LogP) is 3.47. The summed E-state index contributed by atoms with van der Waals surface area (Å²) in [5.41, 5.74) is 2.54.